The summed E-state index contributed by atoms with van der Waals surface area (Å²) in [7, 11) is 0. The Morgan fingerprint density at radius 3 is 2.23 bits per heavy atom. The fourth-order valence-electron chi connectivity index (χ4n) is 5.63. The minimum Gasteiger partial charge on any atom is -0.491 e. The lowest BCUT2D eigenvalue weighted by Gasteiger charge is -2.57. The second-order valence-corrected chi connectivity index (χ2v) is 8.33. The third kappa shape index (κ3) is 2.78. The van der Waals surface area contributed by atoms with Gasteiger partial charge in [0.1, 0.15) is 5.75 Å². The highest BCUT2D eigenvalue weighted by atomic mass is 16.5. The van der Waals surface area contributed by atoms with Gasteiger partial charge < -0.3 is 10.1 Å². The molecule has 0 unspecified atom stereocenters. The summed E-state index contributed by atoms with van der Waals surface area (Å²) >= 11 is 0. The molecular formula is C20H29NO. The van der Waals surface area contributed by atoms with E-state index in [1.54, 1.807) is 0 Å². The van der Waals surface area contributed by atoms with Gasteiger partial charge in [0.25, 0.3) is 0 Å². The SMILES string of the molecule is CC(C)Oc1ccccc1CNC12CC3CC(CC(C3)C1)C2. The fourth-order valence-corrected chi connectivity index (χ4v) is 5.63. The third-order valence-corrected chi connectivity index (χ3v) is 6.03. The first-order chi connectivity index (χ1) is 10.6. The van der Waals surface area contributed by atoms with Gasteiger partial charge in [-0.1, -0.05) is 18.2 Å². The van der Waals surface area contributed by atoms with Crippen LogP contribution in [0, 0.1) is 17.8 Å². The number of ether oxygens (including phenoxy) is 1. The largest absolute Gasteiger partial charge is 0.491 e. The van der Waals surface area contributed by atoms with Gasteiger partial charge in [-0.25, -0.2) is 0 Å². The normalized spacial score (nSPS) is 36.0. The lowest BCUT2D eigenvalue weighted by Crippen LogP contribution is -2.58. The van der Waals surface area contributed by atoms with Crippen molar-refractivity contribution in [3.63, 3.8) is 0 Å². The summed E-state index contributed by atoms with van der Waals surface area (Å²) < 4.78 is 5.98. The molecule has 0 radical (unpaired) electrons. The first-order valence-corrected chi connectivity index (χ1v) is 9.11. The number of hydrogen-bond acceptors (Lipinski definition) is 2. The molecule has 4 aliphatic carbocycles. The van der Waals surface area contributed by atoms with E-state index in [0.29, 0.717) is 5.54 Å². The molecule has 0 atom stereocenters. The van der Waals surface area contributed by atoms with Crippen LogP contribution in [0.2, 0.25) is 0 Å². The maximum absolute atomic E-state index is 5.98. The molecule has 5 rings (SSSR count). The summed E-state index contributed by atoms with van der Waals surface area (Å²) in [5.74, 6) is 4.05. The van der Waals surface area contributed by atoms with Gasteiger partial charge in [-0.05, 0) is 76.2 Å². The Labute approximate surface area is 134 Å². The van der Waals surface area contributed by atoms with Gasteiger partial charge in [0.2, 0.25) is 0 Å². The second kappa shape index (κ2) is 5.56. The van der Waals surface area contributed by atoms with Crippen LogP contribution in [-0.4, -0.2) is 11.6 Å². The van der Waals surface area contributed by atoms with Crippen molar-refractivity contribution in [1.29, 1.82) is 0 Å². The first-order valence-electron chi connectivity index (χ1n) is 9.11. The molecule has 0 aromatic heterocycles. The molecule has 0 spiro atoms. The molecule has 22 heavy (non-hydrogen) atoms. The van der Waals surface area contributed by atoms with E-state index >= 15 is 0 Å². The summed E-state index contributed by atoms with van der Waals surface area (Å²) in [5, 5.41) is 3.98. The molecular weight excluding hydrogens is 270 g/mol. The molecule has 2 heteroatoms. The molecule has 1 aromatic rings. The molecule has 2 nitrogen and oxygen atoms in total. The van der Waals surface area contributed by atoms with Crippen molar-refractivity contribution in [2.75, 3.05) is 0 Å². The number of benzene rings is 1. The minimum atomic E-state index is 0.237. The molecule has 4 saturated carbocycles. The average Bonchev–Trinajstić information content (AvgIpc) is 2.44. The zero-order chi connectivity index (χ0) is 15.2. The predicted molar refractivity (Wildman–Crippen MR) is 89.9 cm³/mol. The third-order valence-electron chi connectivity index (χ3n) is 6.03. The maximum Gasteiger partial charge on any atom is 0.124 e. The van der Waals surface area contributed by atoms with Crippen LogP contribution >= 0.6 is 0 Å². The Morgan fingerprint density at radius 2 is 1.64 bits per heavy atom. The van der Waals surface area contributed by atoms with E-state index in [4.69, 9.17) is 4.74 Å². The van der Waals surface area contributed by atoms with E-state index in [0.717, 1.165) is 30.0 Å². The second-order valence-electron chi connectivity index (χ2n) is 8.33. The van der Waals surface area contributed by atoms with Crippen molar-refractivity contribution in [1.82, 2.24) is 5.32 Å². The Morgan fingerprint density at radius 1 is 1.05 bits per heavy atom. The van der Waals surface area contributed by atoms with Crippen LogP contribution in [0.5, 0.6) is 5.75 Å². The van der Waals surface area contributed by atoms with Gasteiger partial charge in [0, 0.05) is 17.6 Å². The fraction of sp³-hybridized carbons (Fsp3) is 0.700. The van der Waals surface area contributed by atoms with E-state index in [9.17, 15) is 0 Å². The quantitative estimate of drug-likeness (QED) is 0.862. The van der Waals surface area contributed by atoms with Crippen molar-refractivity contribution in [2.24, 2.45) is 17.8 Å². The van der Waals surface area contributed by atoms with Gasteiger partial charge in [0.05, 0.1) is 6.10 Å². The average molecular weight is 299 g/mol. The van der Waals surface area contributed by atoms with Crippen LogP contribution in [0.4, 0.5) is 0 Å². The monoisotopic (exact) mass is 299 g/mol. The van der Waals surface area contributed by atoms with Gasteiger partial charge in [-0.3, -0.25) is 0 Å². The van der Waals surface area contributed by atoms with Crippen LogP contribution in [0.25, 0.3) is 0 Å². The molecule has 120 valence electrons. The molecule has 4 bridgehead atoms. The molecule has 1 N–H and O–H groups in total. The lowest BCUT2D eigenvalue weighted by molar-refractivity contribution is -0.0206. The van der Waals surface area contributed by atoms with Gasteiger partial charge in [-0.2, -0.15) is 0 Å². The van der Waals surface area contributed by atoms with Crippen molar-refractivity contribution >= 4 is 0 Å². The predicted octanol–water partition coefficient (Wildman–Crippen LogP) is 4.53. The molecule has 1 aromatic carbocycles. The zero-order valence-electron chi connectivity index (χ0n) is 14.0. The number of nitrogens with one attached hydrogen (secondary N) is 1. The van der Waals surface area contributed by atoms with Gasteiger partial charge in [-0.15, -0.1) is 0 Å². The van der Waals surface area contributed by atoms with E-state index in [1.165, 1.54) is 44.1 Å². The van der Waals surface area contributed by atoms with E-state index in [-0.39, 0.29) is 6.10 Å². The Balaban J connectivity index is 1.47. The van der Waals surface area contributed by atoms with Crippen LogP contribution in [0.1, 0.15) is 57.9 Å². The van der Waals surface area contributed by atoms with E-state index in [1.807, 2.05) is 0 Å². The summed E-state index contributed by atoms with van der Waals surface area (Å²) in [6.07, 6.45) is 8.99. The number of hydrogen-bond donors (Lipinski definition) is 1. The summed E-state index contributed by atoms with van der Waals surface area (Å²) in [6.45, 7) is 5.15. The summed E-state index contributed by atoms with van der Waals surface area (Å²) in [6, 6.07) is 8.53. The maximum atomic E-state index is 5.98. The smallest absolute Gasteiger partial charge is 0.124 e. The Hall–Kier alpha value is -1.02. The van der Waals surface area contributed by atoms with Crippen molar-refractivity contribution in [2.45, 2.75) is 70.6 Å². The van der Waals surface area contributed by atoms with Gasteiger partial charge in [0.15, 0.2) is 0 Å². The zero-order valence-corrected chi connectivity index (χ0v) is 14.0. The van der Waals surface area contributed by atoms with Crippen molar-refractivity contribution < 1.29 is 4.74 Å². The summed E-state index contributed by atoms with van der Waals surface area (Å²) in [5.41, 5.74) is 1.74. The molecule has 0 aliphatic heterocycles. The van der Waals surface area contributed by atoms with E-state index in [2.05, 4.69) is 43.4 Å². The van der Waals surface area contributed by atoms with Crippen LogP contribution in [0.3, 0.4) is 0 Å². The number of para-hydroxylation sites is 1. The van der Waals surface area contributed by atoms with Crippen molar-refractivity contribution in [3.05, 3.63) is 29.8 Å². The topological polar surface area (TPSA) is 21.3 Å². The van der Waals surface area contributed by atoms with Crippen LogP contribution in [-0.2, 0) is 6.54 Å². The first kappa shape index (κ1) is 14.6. The lowest BCUT2D eigenvalue weighted by atomic mass is 9.53. The minimum absolute atomic E-state index is 0.237. The summed E-state index contributed by atoms with van der Waals surface area (Å²) in [4.78, 5) is 0. The highest BCUT2D eigenvalue weighted by Crippen LogP contribution is 2.55. The molecule has 0 amide bonds. The standard InChI is InChI=1S/C20H29NO/c1-14(2)22-19-6-4-3-5-18(19)13-21-20-10-15-7-16(11-20)9-17(8-15)12-20/h3-6,14-17,21H,7-13H2,1-2H3. The Kier molecular flexibility index (Phi) is 3.68. The van der Waals surface area contributed by atoms with Crippen LogP contribution in [0.15, 0.2) is 24.3 Å². The Bertz CT molecular complexity index is 501. The highest BCUT2D eigenvalue weighted by Gasteiger charge is 2.50. The van der Waals surface area contributed by atoms with Crippen LogP contribution < -0.4 is 10.1 Å². The molecule has 4 fully saturated rings. The van der Waals surface area contributed by atoms with E-state index < -0.39 is 0 Å². The number of rotatable bonds is 5. The van der Waals surface area contributed by atoms with Gasteiger partial charge >= 0.3 is 0 Å². The highest BCUT2D eigenvalue weighted by molar-refractivity contribution is 5.33. The molecule has 0 heterocycles. The van der Waals surface area contributed by atoms with Crippen molar-refractivity contribution in [3.8, 4) is 5.75 Å². The molecule has 4 aliphatic rings. The molecule has 0 saturated heterocycles.